The van der Waals surface area contributed by atoms with Crippen LogP contribution in [0.1, 0.15) is 6.92 Å². The Kier molecular flexibility index (Phi) is 3.73. The fourth-order valence-corrected chi connectivity index (χ4v) is 1.64. The van der Waals surface area contributed by atoms with Crippen molar-refractivity contribution in [1.29, 1.82) is 0 Å². The number of rotatable bonds is 4. The lowest BCUT2D eigenvalue weighted by Crippen LogP contribution is -2.34. The van der Waals surface area contributed by atoms with Gasteiger partial charge < -0.3 is 10.1 Å². The molecule has 82 valence electrons. The van der Waals surface area contributed by atoms with Crippen molar-refractivity contribution in [3.05, 3.63) is 26.9 Å². The number of carbonyl (C=O) groups is 1. The van der Waals surface area contributed by atoms with Gasteiger partial charge in [-0.25, -0.2) is 4.79 Å². The number of aliphatic carboxylic acids is 1. The molecule has 0 atom stereocenters. The minimum absolute atomic E-state index is 0.189. The van der Waals surface area contributed by atoms with Gasteiger partial charge in [0, 0.05) is 12.6 Å². The van der Waals surface area contributed by atoms with Crippen molar-refractivity contribution in [2.45, 2.75) is 18.5 Å². The van der Waals surface area contributed by atoms with Gasteiger partial charge in [0.05, 0.1) is 10.8 Å². The molecule has 0 fully saturated rings. The van der Waals surface area contributed by atoms with E-state index in [9.17, 15) is 14.4 Å². The zero-order chi connectivity index (χ0) is 11.4. The second-order valence-electron chi connectivity index (χ2n) is 2.70. The molecule has 1 heterocycles. The van der Waals surface area contributed by atoms with Gasteiger partial charge in [-0.2, -0.15) is 0 Å². The van der Waals surface area contributed by atoms with Gasteiger partial charge in [-0.3, -0.25) is 14.2 Å². The summed E-state index contributed by atoms with van der Waals surface area (Å²) in [6.45, 7) is 1.97. The maximum atomic E-state index is 11.3. The number of thioether (sulfide) groups is 1. The monoisotopic (exact) mass is 230 g/mol. The molecular formula is C8H10N2O4S. The van der Waals surface area contributed by atoms with Gasteiger partial charge in [-0.1, -0.05) is 11.8 Å². The Labute approximate surface area is 88.9 Å². The Balaban J connectivity index is 2.99. The number of nitrogens with one attached hydrogen (secondary N) is 1. The van der Waals surface area contributed by atoms with Gasteiger partial charge >= 0.3 is 11.7 Å². The maximum Gasteiger partial charge on any atom is 0.329 e. The molecule has 7 heteroatoms. The first kappa shape index (κ1) is 11.6. The standard InChI is InChI=1S/C8H10N2O4S/c1-2-10-6(11)3-5(9-8(10)14)15-4-7(12)13/h3H,2,4H2,1H3,(H,9,14)(H,12,13). The molecule has 1 aromatic heterocycles. The summed E-state index contributed by atoms with van der Waals surface area (Å²) in [5.74, 6) is -1.19. The zero-order valence-electron chi connectivity index (χ0n) is 8.02. The van der Waals surface area contributed by atoms with Crippen molar-refractivity contribution in [3.8, 4) is 0 Å². The molecule has 1 rings (SSSR count). The predicted molar refractivity (Wildman–Crippen MR) is 55.4 cm³/mol. The number of nitrogens with zero attached hydrogens (tertiary/aromatic N) is 1. The van der Waals surface area contributed by atoms with Crippen LogP contribution in [0.25, 0.3) is 0 Å². The summed E-state index contributed by atoms with van der Waals surface area (Å²) in [6.07, 6.45) is 0. The smallest absolute Gasteiger partial charge is 0.329 e. The molecule has 1 aromatic rings. The van der Waals surface area contributed by atoms with E-state index in [2.05, 4.69) is 4.98 Å². The Morgan fingerprint density at radius 1 is 1.60 bits per heavy atom. The number of aromatic nitrogens is 2. The van der Waals surface area contributed by atoms with E-state index >= 15 is 0 Å². The molecule has 0 saturated heterocycles. The van der Waals surface area contributed by atoms with Crippen LogP contribution in [0.3, 0.4) is 0 Å². The van der Waals surface area contributed by atoms with E-state index in [0.717, 1.165) is 16.3 Å². The lowest BCUT2D eigenvalue weighted by molar-refractivity contribution is -0.133. The van der Waals surface area contributed by atoms with Crippen molar-refractivity contribution in [2.75, 3.05) is 5.75 Å². The van der Waals surface area contributed by atoms with Gasteiger partial charge in [-0.15, -0.1) is 0 Å². The number of aromatic amines is 1. The van der Waals surface area contributed by atoms with Crippen LogP contribution in [0.4, 0.5) is 0 Å². The van der Waals surface area contributed by atoms with Gasteiger partial charge in [0.25, 0.3) is 5.56 Å². The predicted octanol–water partition coefficient (Wildman–Crippen LogP) is -0.267. The quantitative estimate of drug-likeness (QED) is 0.549. The largest absolute Gasteiger partial charge is 0.481 e. The highest BCUT2D eigenvalue weighted by Gasteiger charge is 2.04. The maximum absolute atomic E-state index is 11.3. The number of carboxylic acid groups (broad SMARTS) is 1. The molecule has 0 aliphatic carbocycles. The summed E-state index contributed by atoms with van der Waals surface area (Å²) in [4.78, 5) is 35.3. The van der Waals surface area contributed by atoms with Gasteiger partial charge in [0.15, 0.2) is 0 Å². The van der Waals surface area contributed by atoms with Crippen molar-refractivity contribution in [2.24, 2.45) is 0 Å². The Morgan fingerprint density at radius 3 is 2.73 bits per heavy atom. The van der Waals surface area contributed by atoms with Crippen molar-refractivity contribution in [1.82, 2.24) is 9.55 Å². The second kappa shape index (κ2) is 4.83. The SMILES string of the molecule is CCn1c(=O)cc(SCC(=O)O)[nH]c1=O. The Hall–Kier alpha value is -1.50. The molecule has 6 nitrogen and oxygen atoms in total. The third-order valence-electron chi connectivity index (χ3n) is 1.66. The summed E-state index contributed by atoms with van der Waals surface area (Å²) in [7, 11) is 0. The van der Waals surface area contributed by atoms with Crippen LogP contribution in [0.5, 0.6) is 0 Å². The topological polar surface area (TPSA) is 92.2 Å². The summed E-state index contributed by atoms with van der Waals surface area (Å²) in [6, 6.07) is 1.22. The third-order valence-corrected chi connectivity index (χ3v) is 2.59. The minimum atomic E-state index is -1.000. The van der Waals surface area contributed by atoms with Crippen LogP contribution in [0, 0.1) is 0 Å². The molecule has 2 N–H and O–H groups in total. The van der Waals surface area contributed by atoms with Crippen LogP contribution in [-0.4, -0.2) is 26.4 Å². The van der Waals surface area contributed by atoms with E-state index in [4.69, 9.17) is 5.11 Å². The number of carboxylic acids is 1. The van der Waals surface area contributed by atoms with Gasteiger partial charge in [-0.05, 0) is 6.92 Å². The molecule has 0 saturated carbocycles. The average Bonchev–Trinajstić information content (AvgIpc) is 2.14. The van der Waals surface area contributed by atoms with Gasteiger partial charge in [0.2, 0.25) is 0 Å². The summed E-state index contributed by atoms with van der Waals surface area (Å²) < 4.78 is 1.03. The van der Waals surface area contributed by atoms with Crippen LogP contribution in [0.2, 0.25) is 0 Å². The Morgan fingerprint density at radius 2 is 2.27 bits per heavy atom. The molecule has 0 radical (unpaired) electrons. The van der Waals surface area contributed by atoms with E-state index < -0.39 is 17.2 Å². The normalized spacial score (nSPS) is 10.2. The van der Waals surface area contributed by atoms with Gasteiger partial charge in [0.1, 0.15) is 0 Å². The molecule has 0 aromatic carbocycles. The van der Waals surface area contributed by atoms with Crippen molar-refractivity contribution in [3.63, 3.8) is 0 Å². The fourth-order valence-electron chi connectivity index (χ4n) is 1.02. The van der Waals surface area contributed by atoms with E-state index in [1.165, 1.54) is 6.07 Å². The molecule has 0 amide bonds. The Bertz CT molecular complexity index is 445. The molecule has 0 spiro atoms. The first-order valence-electron chi connectivity index (χ1n) is 4.23. The van der Waals surface area contributed by atoms with Crippen molar-refractivity contribution < 1.29 is 9.90 Å². The molecule has 0 aliphatic rings. The summed E-state index contributed by atoms with van der Waals surface area (Å²) in [5.41, 5.74) is -0.938. The summed E-state index contributed by atoms with van der Waals surface area (Å²) >= 11 is 0.908. The van der Waals surface area contributed by atoms with E-state index in [0.29, 0.717) is 0 Å². The number of H-pyrrole nitrogens is 1. The van der Waals surface area contributed by atoms with Crippen molar-refractivity contribution >= 4 is 17.7 Å². The zero-order valence-corrected chi connectivity index (χ0v) is 8.84. The lowest BCUT2D eigenvalue weighted by atomic mass is 10.6. The van der Waals surface area contributed by atoms with Crippen LogP contribution in [-0.2, 0) is 11.3 Å². The second-order valence-corrected chi connectivity index (χ2v) is 3.72. The van der Waals surface area contributed by atoms with Crippen LogP contribution >= 0.6 is 11.8 Å². The molecule has 0 bridgehead atoms. The van der Waals surface area contributed by atoms with E-state index in [1.54, 1.807) is 6.92 Å². The third kappa shape index (κ3) is 2.98. The highest BCUT2D eigenvalue weighted by molar-refractivity contribution is 7.99. The highest BCUT2D eigenvalue weighted by Crippen LogP contribution is 2.10. The lowest BCUT2D eigenvalue weighted by Gasteiger charge is -2.01. The molecule has 0 aliphatic heterocycles. The molecule has 0 unspecified atom stereocenters. The number of hydrogen-bond donors (Lipinski definition) is 2. The summed E-state index contributed by atoms with van der Waals surface area (Å²) in [5, 5.41) is 8.69. The fraction of sp³-hybridized carbons (Fsp3) is 0.375. The first-order chi connectivity index (χ1) is 7.04. The molecular weight excluding hydrogens is 220 g/mol. The van der Waals surface area contributed by atoms with E-state index in [1.807, 2.05) is 0 Å². The van der Waals surface area contributed by atoms with E-state index in [-0.39, 0.29) is 17.3 Å². The average molecular weight is 230 g/mol. The number of hydrogen-bond acceptors (Lipinski definition) is 4. The van der Waals surface area contributed by atoms with Crippen LogP contribution in [0.15, 0.2) is 20.7 Å². The minimum Gasteiger partial charge on any atom is -0.481 e. The highest BCUT2D eigenvalue weighted by atomic mass is 32.2. The van der Waals surface area contributed by atoms with Crippen LogP contribution < -0.4 is 11.2 Å². The molecule has 15 heavy (non-hydrogen) atoms. The first-order valence-corrected chi connectivity index (χ1v) is 5.22.